The summed E-state index contributed by atoms with van der Waals surface area (Å²) in [6.45, 7) is 3.01. The third kappa shape index (κ3) is 1.65. The van der Waals surface area contributed by atoms with E-state index < -0.39 is 0 Å². The zero-order chi connectivity index (χ0) is 9.26. The van der Waals surface area contributed by atoms with Gasteiger partial charge in [-0.25, -0.2) is 4.98 Å². The molecule has 4 heteroatoms. The van der Waals surface area contributed by atoms with Gasteiger partial charge in [0.15, 0.2) is 12.2 Å². The molecule has 1 aliphatic rings. The molecular weight excluding hydrogens is 234 g/mol. The third-order valence-electron chi connectivity index (χ3n) is 2.45. The molecule has 0 saturated carbocycles. The van der Waals surface area contributed by atoms with E-state index in [2.05, 4.69) is 27.8 Å². The average Bonchev–Trinajstić information content (AvgIpc) is 2.71. The Bertz CT molecular complexity index is 287. The van der Waals surface area contributed by atoms with Crippen molar-refractivity contribution in [2.24, 2.45) is 5.92 Å². The van der Waals surface area contributed by atoms with Gasteiger partial charge >= 0.3 is 0 Å². The zero-order valence-corrected chi connectivity index (χ0v) is 9.08. The molecule has 0 N–H and O–H groups in total. The van der Waals surface area contributed by atoms with Crippen molar-refractivity contribution in [2.75, 3.05) is 6.61 Å². The number of hydrogen-bond donors (Lipinski definition) is 0. The van der Waals surface area contributed by atoms with Crippen LogP contribution in [0.5, 0.6) is 0 Å². The molecule has 1 aliphatic heterocycles. The number of hydrogen-bond acceptors (Lipinski definition) is 3. The first-order chi connectivity index (χ1) is 6.33. The van der Waals surface area contributed by atoms with Crippen molar-refractivity contribution in [3.05, 3.63) is 17.8 Å². The molecule has 1 aromatic heterocycles. The Kier molecular flexibility index (Phi) is 2.69. The molecule has 13 heavy (non-hydrogen) atoms. The summed E-state index contributed by atoms with van der Waals surface area (Å²) in [7, 11) is 0. The maximum absolute atomic E-state index is 5.60. The fourth-order valence-corrected chi connectivity index (χ4v) is 2.06. The Labute approximate surface area is 85.6 Å². The number of alkyl halides is 1. The number of oxazole rings is 1. The first-order valence-corrected chi connectivity index (χ1v) is 5.55. The van der Waals surface area contributed by atoms with Crippen LogP contribution < -0.4 is 0 Å². The summed E-state index contributed by atoms with van der Waals surface area (Å²) in [6, 6.07) is 0. The van der Waals surface area contributed by atoms with E-state index in [-0.39, 0.29) is 6.10 Å². The molecule has 3 nitrogen and oxygen atoms in total. The monoisotopic (exact) mass is 245 g/mol. The molecular formula is C9H12BrNO2. The van der Waals surface area contributed by atoms with Crippen molar-refractivity contribution >= 4 is 15.9 Å². The summed E-state index contributed by atoms with van der Waals surface area (Å²) >= 11 is 3.38. The van der Waals surface area contributed by atoms with Gasteiger partial charge in [0.2, 0.25) is 0 Å². The minimum absolute atomic E-state index is 0.107. The summed E-state index contributed by atoms with van der Waals surface area (Å²) in [5.74, 6) is 1.42. The van der Waals surface area contributed by atoms with Gasteiger partial charge in [-0.1, -0.05) is 22.9 Å². The van der Waals surface area contributed by atoms with Crippen LogP contribution in [0.1, 0.15) is 30.9 Å². The Morgan fingerprint density at radius 1 is 1.69 bits per heavy atom. The molecule has 1 saturated heterocycles. The molecule has 1 fully saturated rings. The zero-order valence-electron chi connectivity index (χ0n) is 7.50. The van der Waals surface area contributed by atoms with Crippen molar-refractivity contribution < 1.29 is 9.15 Å². The van der Waals surface area contributed by atoms with E-state index in [0.29, 0.717) is 5.92 Å². The molecule has 72 valence electrons. The topological polar surface area (TPSA) is 35.3 Å². The maximum Gasteiger partial charge on any atom is 0.181 e. The van der Waals surface area contributed by atoms with Crippen LogP contribution in [0.2, 0.25) is 0 Å². The quantitative estimate of drug-likeness (QED) is 0.752. The van der Waals surface area contributed by atoms with Gasteiger partial charge in [0, 0.05) is 11.9 Å². The lowest BCUT2D eigenvalue weighted by Gasteiger charge is -2.11. The summed E-state index contributed by atoms with van der Waals surface area (Å²) in [5.41, 5.74) is 0.957. The summed E-state index contributed by atoms with van der Waals surface area (Å²) in [5, 5.41) is 0.728. The minimum atomic E-state index is 0.107. The van der Waals surface area contributed by atoms with Gasteiger partial charge in [-0.3, -0.25) is 0 Å². The molecule has 1 aromatic rings. The molecule has 0 radical (unpaired) electrons. The highest BCUT2D eigenvalue weighted by atomic mass is 79.9. The Hall–Kier alpha value is -0.350. The highest BCUT2D eigenvalue weighted by Gasteiger charge is 2.30. The second kappa shape index (κ2) is 3.80. The predicted octanol–water partition coefficient (Wildman–Crippen LogP) is 2.67. The molecule has 0 amide bonds. The summed E-state index contributed by atoms with van der Waals surface area (Å²) in [6.07, 6.45) is 2.70. The number of ether oxygens (including phenoxy) is 1. The normalized spacial score (nSPS) is 28.2. The third-order valence-corrected chi connectivity index (χ3v) is 2.98. The van der Waals surface area contributed by atoms with Crippen molar-refractivity contribution in [2.45, 2.75) is 24.8 Å². The molecule has 0 spiro atoms. The van der Waals surface area contributed by atoms with E-state index >= 15 is 0 Å². The van der Waals surface area contributed by atoms with Crippen molar-refractivity contribution in [3.8, 4) is 0 Å². The van der Waals surface area contributed by atoms with Crippen LogP contribution in [0.4, 0.5) is 0 Å². The Balaban J connectivity index is 2.23. The Morgan fingerprint density at radius 3 is 3.15 bits per heavy atom. The van der Waals surface area contributed by atoms with E-state index in [1.807, 2.05) is 0 Å². The van der Waals surface area contributed by atoms with Gasteiger partial charge < -0.3 is 9.15 Å². The van der Waals surface area contributed by atoms with Crippen LogP contribution in [-0.2, 0) is 10.1 Å². The molecule has 2 atom stereocenters. The smallest absolute Gasteiger partial charge is 0.181 e. The van der Waals surface area contributed by atoms with Crippen molar-refractivity contribution in [3.63, 3.8) is 0 Å². The number of rotatable bonds is 2. The fraction of sp³-hybridized carbons (Fsp3) is 0.667. The van der Waals surface area contributed by atoms with E-state index in [1.165, 1.54) is 6.39 Å². The Morgan fingerprint density at radius 2 is 2.54 bits per heavy atom. The van der Waals surface area contributed by atoms with Crippen LogP contribution in [-0.4, -0.2) is 11.6 Å². The van der Waals surface area contributed by atoms with Crippen LogP contribution in [0, 0.1) is 5.92 Å². The molecule has 2 rings (SSSR count). The average molecular weight is 246 g/mol. The number of nitrogens with zero attached hydrogens (tertiary/aromatic N) is 1. The first kappa shape index (κ1) is 9.21. The van der Waals surface area contributed by atoms with Gasteiger partial charge in [0.25, 0.3) is 0 Å². The molecule has 0 aliphatic carbocycles. The van der Waals surface area contributed by atoms with Crippen LogP contribution >= 0.6 is 15.9 Å². The van der Waals surface area contributed by atoms with E-state index in [1.54, 1.807) is 0 Å². The van der Waals surface area contributed by atoms with Crippen LogP contribution in [0.25, 0.3) is 0 Å². The van der Waals surface area contributed by atoms with Gasteiger partial charge in [-0.05, 0) is 12.3 Å². The highest BCUT2D eigenvalue weighted by Crippen LogP contribution is 2.35. The molecule has 2 unspecified atom stereocenters. The van der Waals surface area contributed by atoms with Gasteiger partial charge in [0.05, 0.1) is 5.69 Å². The SMILES string of the molecule is CC1CCOC1c1ocnc1CBr. The number of aromatic nitrogens is 1. The van der Waals surface area contributed by atoms with Crippen molar-refractivity contribution in [1.29, 1.82) is 0 Å². The first-order valence-electron chi connectivity index (χ1n) is 4.42. The minimum Gasteiger partial charge on any atom is -0.445 e. The molecule has 0 aromatic carbocycles. The van der Waals surface area contributed by atoms with Crippen molar-refractivity contribution in [1.82, 2.24) is 4.98 Å². The van der Waals surface area contributed by atoms with Gasteiger partial charge in [0.1, 0.15) is 6.10 Å². The largest absolute Gasteiger partial charge is 0.445 e. The van der Waals surface area contributed by atoms with Crippen LogP contribution in [0.15, 0.2) is 10.8 Å². The van der Waals surface area contributed by atoms with Crippen LogP contribution in [0.3, 0.4) is 0 Å². The second-order valence-corrected chi connectivity index (χ2v) is 3.92. The number of halogens is 1. The fourth-order valence-electron chi connectivity index (χ4n) is 1.64. The lowest BCUT2D eigenvalue weighted by Crippen LogP contribution is -2.04. The molecule has 2 heterocycles. The maximum atomic E-state index is 5.60. The van der Waals surface area contributed by atoms with Gasteiger partial charge in [-0.15, -0.1) is 0 Å². The lowest BCUT2D eigenvalue weighted by atomic mass is 10.0. The molecule has 0 bridgehead atoms. The standard InChI is InChI=1S/C9H12BrNO2/c1-6-2-3-12-8(6)9-7(4-10)11-5-13-9/h5-6,8H,2-4H2,1H3. The summed E-state index contributed by atoms with van der Waals surface area (Å²) in [4.78, 5) is 4.12. The lowest BCUT2D eigenvalue weighted by molar-refractivity contribution is 0.0753. The predicted molar refractivity (Wildman–Crippen MR) is 51.6 cm³/mol. The van der Waals surface area contributed by atoms with E-state index in [4.69, 9.17) is 9.15 Å². The highest BCUT2D eigenvalue weighted by molar-refractivity contribution is 9.08. The second-order valence-electron chi connectivity index (χ2n) is 3.35. The van der Waals surface area contributed by atoms with Gasteiger partial charge in [-0.2, -0.15) is 0 Å². The van der Waals surface area contributed by atoms with E-state index in [9.17, 15) is 0 Å². The van der Waals surface area contributed by atoms with E-state index in [0.717, 1.165) is 29.8 Å². The summed E-state index contributed by atoms with van der Waals surface area (Å²) < 4.78 is 10.9.